The van der Waals surface area contributed by atoms with Crippen LogP contribution in [0, 0.1) is 0 Å². The Kier molecular flexibility index (Phi) is 10.1. The number of carbonyl (C=O) groups is 1. The van der Waals surface area contributed by atoms with E-state index in [1.54, 1.807) is 30.7 Å². The third-order valence-corrected chi connectivity index (χ3v) is 7.36. The second kappa shape index (κ2) is 13.9. The molecule has 1 aliphatic rings. The molecule has 0 amide bonds. The van der Waals surface area contributed by atoms with Gasteiger partial charge in [-0.25, -0.2) is 9.79 Å². The van der Waals surface area contributed by atoms with Gasteiger partial charge in [0.25, 0.3) is 5.56 Å². The van der Waals surface area contributed by atoms with Gasteiger partial charge in [-0.05, 0) is 42.7 Å². The number of ether oxygens (including phenoxy) is 4. The fraction of sp³-hybridized carbons (Fsp3) is 0.323. The van der Waals surface area contributed by atoms with Gasteiger partial charge in [-0.1, -0.05) is 73.2 Å². The largest absolute Gasteiger partial charge is 0.493 e. The van der Waals surface area contributed by atoms with Crippen molar-refractivity contribution in [3.8, 4) is 11.5 Å². The Labute approximate surface area is 237 Å². The van der Waals surface area contributed by atoms with Crippen LogP contribution < -0.4 is 24.4 Å². The first-order valence-electron chi connectivity index (χ1n) is 13.2. The number of allylic oxidation sites excluding steroid dienone is 2. The molecule has 210 valence electrons. The van der Waals surface area contributed by atoms with E-state index in [0.29, 0.717) is 38.7 Å². The van der Waals surface area contributed by atoms with Crippen molar-refractivity contribution < 1.29 is 23.7 Å². The van der Waals surface area contributed by atoms with Crippen LogP contribution in [0.5, 0.6) is 11.5 Å². The van der Waals surface area contributed by atoms with Crippen molar-refractivity contribution in [3.05, 3.63) is 96.7 Å². The van der Waals surface area contributed by atoms with Crippen molar-refractivity contribution in [1.29, 1.82) is 0 Å². The number of aromatic nitrogens is 1. The van der Waals surface area contributed by atoms with E-state index >= 15 is 0 Å². The summed E-state index contributed by atoms with van der Waals surface area (Å²) in [5.41, 5.74) is 2.23. The van der Waals surface area contributed by atoms with Crippen LogP contribution in [0.3, 0.4) is 0 Å². The zero-order valence-electron chi connectivity index (χ0n) is 23.2. The van der Waals surface area contributed by atoms with Gasteiger partial charge in [-0.2, -0.15) is 0 Å². The Bertz CT molecular complexity index is 1570. The Morgan fingerprint density at radius 2 is 1.88 bits per heavy atom. The molecule has 1 unspecified atom stereocenters. The standard InChI is InChI=1S/C31H34N2O6S/c1-5-6-17-38-24-16-15-23(20-25(24)37-4)28-27(30(35)39-19-18-36-3)21(2)32-31-33(28)29(34)26(40-31)14-10-13-22-11-8-7-9-12-22/h7-16,20,28H,5-6,17-19H2,1-4H3/b13-10+,26-14-. The molecular formula is C31H34N2O6S. The first kappa shape index (κ1) is 29.0. The summed E-state index contributed by atoms with van der Waals surface area (Å²) < 4.78 is 24.1. The number of esters is 1. The lowest BCUT2D eigenvalue weighted by molar-refractivity contribution is -0.140. The highest BCUT2D eigenvalue weighted by Gasteiger charge is 2.34. The van der Waals surface area contributed by atoms with Crippen molar-refractivity contribution >= 4 is 29.5 Å². The van der Waals surface area contributed by atoms with Gasteiger partial charge in [0.2, 0.25) is 0 Å². The van der Waals surface area contributed by atoms with Crippen LogP contribution in [0.15, 0.2) is 75.7 Å². The van der Waals surface area contributed by atoms with Crippen LogP contribution in [0.1, 0.15) is 43.9 Å². The molecule has 9 heteroatoms. The number of thiazole rings is 1. The van der Waals surface area contributed by atoms with Crippen molar-refractivity contribution in [3.63, 3.8) is 0 Å². The topological polar surface area (TPSA) is 88.4 Å². The number of fused-ring (bicyclic) bond motifs is 1. The number of benzene rings is 2. The van der Waals surface area contributed by atoms with Crippen LogP contribution >= 0.6 is 11.3 Å². The van der Waals surface area contributed by atoms with Crippen LogP contribution in [0.4, 0.5) is 0 Å². The molecule has 3 aromatic rings. The number of nitrogens with zero attached hydrogens (tertiary/aromatic N) is 2. The third kappa shape index (κ3) is 6.60. The second-order valence-corrected chi connectivity index (χ2v) is 10.1. The van der Waals surface area contributed by atoms with Crippen LogP contribution in [0.25, 0.3) is 12.2 Å². The highest BCUT2D eigenvalue weighted by atomic mass is 32.1. The lowest BCUT2D eigenvalue weighted by Gasteiger charge is -2.25. The Hall–Kier alpha value is -3.95. The zero-order valence-corrected chi connectivity index (χ0v) is 24.0. The maximum absolute atomic E-state index is 13.8. The second-order valence-electron chi connectivity index (χ2n) is 9.11. The van der Waals surface area contributed by atoms with E-state index in [1.165, 1.54) is 18.4 Å². The molecule has 1 aromatic heterocycles. The minimum absolute atomic E-state index is 0.0844. The number of methoxy groups -OCH3 is 2. The predicted molar refractivity (Wildman–Crippen MR) is 156 cm³/mol. The molecule has 2 aromatic carbocycles. The van der Waals surface area contributed by atoms with Gasteiger partial charge >= 0.3 is 5.97 Å². The molecule has 8 nitrogen and oxygen atoms in total. The molecule has 0 saturated heterocycles. The minimum Gasteiger partial charge on any atom is -0.493 e. The molecule has 0 bridgehead atoms. The molecule has 2 heterocycles. The van der Waals surface area contributed by atoms with Crippen molar-refractivity contribution in [2.24, 2.45) is 4.99 Å². The normalized spacial score (nSPS) is 15.2. The van der Waals surface area contributed by atoms with Gasteiger partial charge in [0.15, 0.2) is 16.3 Å². The average Bonchev–Trinajstić information content (AvgIpc) is 3.27. The van der Waals surface area contributed by atoms with Gasteiger partial charge < -0.3 is 18.9 Å². The lowest BCUT2D eigenvalue weighted by Crippen LogP contribution is -2.40. The first-order chi connectivity index (χ1) is 19.5. The van der Waals surface area contributed by atoms with Crippen molar-refractivity contribution in [2.45, 2.75) is 32.7 Å². The highest BCUT2D eigenvalue weighted by Crippen LogP contribution is 2.36. The third-order valence-electron chi connectivity index (χ3n) is 6.36. The monoisotopic (exact) mass is 562 g/mol. The van der Waals surface area contributed by atoms with E-state index in [-0.39, 0.29) is 24.3 Å². The molecule has 0 saturated carbocycles. The molecule has 1 atom stereocenters. The highest BCUT2D eigenvalue weighted by molar-refractivity contribution is 7.07. The van der Waals surface area contributed by atoms with E-state index < -0.39 is 12.0 Å². The summed E-state index contributed by atoms with van der Waals surface area (Å²) in [6.45, 7) is 4.76. The number of hydrogen-bond acceptors (Lipinski definition) is 8. The molecule has 0 radical (unpaired) electrons. The van der Waals surface area contributed by atoms with Crippen molar-refractivity contribution in [1.82, 2.24) is 4.57 Å². The Morgan fingerprint density at radius 1 is 1.07 bits per heavy atom. The molecule has 1 aliphatic heterocycles. The number of carbonyl (C=O) groups excluding carboxylic acids is 1. The van der Waals surface area contributed by atoms with Gasteiger partial charge in [-0.3, -0.25) is 9.36 Å². The molecule has 0 spiro atoms. The van der Waals surface area contributed by atoms with Gasteiger partial charge in [0, 0.05) is 7.11 Å². The van der Waals surface area contributed by atoms with Gasteiger partial charge in [0.05, 0.1) is 42.2 Å². The number of rotatable bonds is 12. The van der Waals surface area contributed by atoms with E-state index in [1.807, 2.05) is 54.6 Å². The Morgan fingerprint density at radius 3 is 2.60 bits per heavy atom. The molecule has 0 aliphatic carbocycles. The Balaban J connectivity index is 1.81. The van der Waals surface area contributed by atoms with Crippen molar-refractivity contribution in [2.75, 3.05) is 34.0 Å². The molecule has 4 rings (SSSR count). The smallest absolute Gasteiger partial charge is 0.338 e. The summed E-state index contributed by atoms with van der Waals surface area (Å²) >= 11 is 1.28. The minimum atomic E-state index is -0.759. The van der Waals surface area contributed by atoms with E-state index in [9.17, 15) is 9.59 Å². The van der Waals surface area contributed by atoms with Gasteiger partial charge in [0.1, 0.15) is 6.61 Å². The average molecular weight is 563 g/mol. The molecule has 0 N–H and O–H groups in total. The lowest BCUT2D eigenvalue weighted by atomic mass is 9.95. The molecule has 0 fully saturated rings. The van der Waals surface area contributed by atoms with E-state index in [2.05, 4.69) is 11.9 Å². The van der Waals surface area contributed by atoms with Crippen LogP contribution in [0.2, 0.25) is 0 Å². The van der Waals surface area contributed by atoms with E-state index in [0.717, 1.165) is 18.4 Å². The summed E-state index contributed by atoms with van der Waals surface area (Å²) in [6.07, 6.45) is 7.47. The number of hydrogen-bond donors (Lipinski definition) is 0. The predicted octanol–water partition coefficient (Wildman–Crippen LogP) is 4.28. The van der Waals surface area contributed by atoms with Gasteiger partial charge in [-0.15, -0.1) is 0 Å². The summed E-state index contributed by atoms with van der Waals surface area (Å²) in [5.74, 6) is 0.565. The summed E-state index contributed by atoms with van der Waals surface area (Å²) in [4.78, 5) is 32.2. The molecule has 40 heavy (non-hydrogen) atoms. The maximum Gasteiger partial charge on any atom is 0.338 e. The fourth-order valence-corrected chi connectivity index (χ4v) is 5.32. The van der Waals surface area contributed by atoms with E-state index in [4.69, 9.17) is 18.9 Å². The van der Waals surface area contributed by atoms with Crippen LogP contribution in [-0.4, -0.2) is 44.6 Å². The SMILES string of the molecule is CCCCOc1ccc(C2C(C(=O)OCCOC)=C(C)N=c3s/c(=C\C=C\c4ccccc4)c(=O)n32)cc1OC. The fourth-order valence-electron chi connectivity index (χ4n) is 4.32. The maximum atomic E-state index is 13.8. The first-order valence-corrected chi connectivity index (χ1v) is 14.0. The summed E-state index contributed by atoms with van der Waals surface area (Å²) in [5, 5.41) is 0. The quantitative estimate of drug-likeness (QED) is 0.242. The summed E-state index contributed by atoms with van der Waals surface area (Å²) in [7, 11) is 3.10. The van der Waals surface area contributed by atoms with Crippen LogP contribution in [-0.2, 0) is 14.3 Å². The number of unbranched alkanes of at least 4 members (excludes halogenated alkanes) is 1. The molecular weight excluding hydrogens is 528 g/mol. The summed E-state index contributed by atoms with van der Waals surface area (Å²) in [6, 6.07) is 14.5. The zero-order chi connectivity index (χ0) is 28.5.